The number of amides is 1. The van der Waals surface area contributed by atoms with Crippen LogP contribution in [-0.4, -0.2) is 51.9 Å². The summed E-state index contributed by atoms with van der Waals surface area (Å²) in [7, 11) is 2.17. The number of benzene rings is 1. The van der Waals surface area contributed by atoms with Gasteiger partial charge in [-0.05, 0) is 31.3 Å². The molecular formula is C22H24N4OS. The zero-order valence-corrected chi connectivity index (χ0v) is 16.9. The Morgan fingerprint density at radius 2 is 2.04 bits per heavy atom. The van der Waals surface area contributed by atoms with Crippen LogP contribution in [0.3, 0.4) is 0 Å². The van der Waals surface area contributed by atoms with Gasteiger partial charge in [0.25, 0.3) is 5.91 Å². The van der Waals surface area contributed by atoms with Crippen LogP contribution in [0.15, 0.2) is 53.5 Å². The fourth-order valence-corrected chi connectivity index (χ4v) is 5.47. The quantitative estimate of drug-likeness (QED) is 0.668. The van der Waals surface area contributed by atoms with Gasteiger partial charge in [-0.3, -0.25) is 9.69 Å². The van der Waals surface area contributed by atoms with E-state index in [1.54, 1.807) is 11.3 Å². The maximum absolute atomic E-state index is 13.0. The molecule has 1 saturated heterocycles. The smallest absolute Gasteiger partial charge is 0.254 e. The van der Waals surface area contributed by atoms with E-state index in [2.05, 4.69) is 40.8 Å². The summed E-state index contributed by atoms with van der Waals surface area (Å²) in [6.45, 7) is 3.39. The summed E-state index contributed by atoms with van der Waals surface area (Å²) in [5.41, 5.74) is 4.18. The van der Waals surface area contributed by atoms with Gasteiger partial charge < -0.3 is 9.47 Å². The number of likely N-dealkylation sites (tertiary alicyclic amines) is 1. The molecular weight excluding hydrogens is 368 g/mol. The van der Waals surface area contributed by atoms with E-state index < -0.39 is 0 Å². The molecule has 0 saturated carbocycles. The summed E-state index contributed by atoms with van der Waals surface area (Å²) in [5, 5.41) is 3.92. The van der Waals surface area contributed by atoms with Crippen LogP contribution >= 0.6 is 11.3 Å². The van der Waals surface area contributed by atoms with Crippen LogP contribution in [0, 0.1) is 0 Å². The molecule has 4 heterocycles. The molecule has 1 spiro atoms. The van der Waals surface area contributed by atoms with Gasteiger partial charge in [-0.15, -0.1) is 0 Å². The largest absolute Gasteiger partial charge is 0.336 e. The first-order valence-electron chi connectivity index (χ1n) is 9.78. The molecule has 1 aromatic carbocycles. The standard InChI is InChI=1S/C22H24N4OS/c1-24-12-19-20(17-6-3-2-4-7-17)23-16-26(19)22(14-24)9-5-10-25(15-22)21(27)18-8-11-28-13-18/h2-4,6-8,11,13,16H,5,9-10,12,14-15H2,1H3. The predicted octanol–water partition coefficient (Wildman–Crippen LogP) is 3.69. The van der Waals surface area contributed by atoms with Gasteiger partial charge in [0.2, 0.25) is 0 Å². The third-order valence-corrected chi connectivity index (χ3v) is 6.70. The van der Waals surface area contributed by atoms with Crippen molar-refractivity contribution < 1.29 is 4.79 Å². The van der Waals surface area contributed by atoms with Gasteiger partial charge >= 0.3 is 0 Å². The molecule has 0 radical (unpaired) electrons. The fraction of sp³-hybridized carbons (Fsp3) is 0.364. The minimum absolute atomic E-state index is 0.105. The van der Waals surface area contributed by atoms with Gasteiger partial charge in [0.1, 0.15) is 0 Å². The highest BCUT2D eigenvalue weighted by Crippen LogP contribution is 2.38. The number of hydrogen-bond acceptors (Lipinski definition) is 4. The third-order valence-electron chi connectivity index (χ3n) is 6.02. The lowest BCUT2D eigenvalue weighted by atomic mass is 9.85. The van der Waals surface area contributed by atoms with E-state index in [9.17, 15) is 4.79 Å². The molecule has 5 rings (SSSR count). The molecule has 0 aliphatic carbocycles. The maximum Gasteiger partial charge on any atom is 0.254 e. The Morgan fingerprint density at radius 3 is 2.82 bits per heavy atom. The molecule has 1 fully saturated rings. The van der Waals surface area contributed by atoms with Crippen LogP contribution in [-0.2, 0) is 12.1 Å². The number of imidazole rings is 1. The van der Waals surface area contributed by atoms with Crippen molar-refractivity contribution in [1.82, 2.24) is 19.4 Å². The molecule has 6 heteroatoms. The highest BCUT2D eigenvalue weighted by molar-refractivity contribution is 7.08. The molecule has 0 bridgehead atoms. The van der Waals surface area contributed by atoms with Crippen LogP contribution in [0.25, 0.3) is 11.3 Å². The van der Waals surface area contributed by atoms with Crippen LogP contribution < -0.4 is 0 Å². The molecule has 1 atom stereocenters. The Kier molecular flexibility index (Phi) is 4.33. The fourth-order valence-electron chi connectivity index (χ4n) is 4.84. The van der Waals surface area contributed by atoms with E-state index in [-0.39, 0.29) is 11.4 Å². The number of aromatic nitrogens is 2. The van der Waals surface area contributed by atoms with Crippen molar-refractivity contribution in [3.05, 3.63) is 64.7 Å². The number of carbonyl (C=O) groups excluding carboxylic acids is 1. The summed E-state index contributed by atoms with van der Waals surface area (Å²) in [6, 6.07) is 12.3. The first-order valence-corrected chi connectivity index (χ1v) is 10.7. The van der Waals surface area contributed by atoms with Gasteiger partial charge in [0, 0.05) is 37.1 Å². The van der Waals surface area contributed by atoms with Crippen LogP contribution in [0.2, 0.25) is 0 Å². The molecule has 0 N–H and O–H groups in total. The second-order valence-electron chi connectivity index (χ2n) is 8.01. The zero-order chi connectivity index (χ0) is 19.1. The molecule has 3 aromatic rings. The molecule has 28 heavy (non-hydrogen) atoms. The minimum atomic E-state index is -0.105. The van der Waals surface area contributed by atoms with E-state index in [1.807, 2.05) is 34.1 Å². The van der Waals surface area contributed by atoms with Gasteiger partial charge in [-0.2, -0.15) is 11.3 Å². The monoisotopic (exact) mass is 392 g/mol. The Morgan fingerprint density at radius 1 is 1.18 bits per heavy atom. The van der Waals surface area contributed by atoms with Gasteiger partial charge in [0.05, 0.1) is 28.8 Å². The SMILES string of the molecule is CN1Cc2c(-c3ccccc3)ncn2C2(CCCN(C(=O)c3ccsc3)C2)C1. The normalized spacial score (nSPS) is 22.4. The van der Waals surface area contributed by atoms with Gasteiger partial charge in [-0.1, -0.05) is 30.3 Å². The third kappa shape index (κ3) is 2.88. The summed E-state index contributed by atoms with van der Waals surface area (Å²) >= 11 is 1.58. The van der Waals surface area contributed by atoms with Crippen molar-refractivity contribution in [3.8, 4) is 11.3 Å². The topological polar surface area (TPSA) is 41.4 Å². The Balaban J connectivity index is 1.52. The van der Waals surface area contributed by atoms with Gasteiger partial charge in [0.15, 0.2) is 0 Å². The van der Waals surface area contributed by atoms with E-state index in [0.717, 1.165) is 55.8 Å². The number of piperidine rings is 1. The summed E-state index contributed by atoms with van der Waals surface area (Å²) < 4.78 is 2.38. The summed E-state index contributed by atoms with van der Waals surface area (Å²) in [4.78, 5) is 22.2. The number of hydrogen-bond donors (Lipinski definition) is 0. The first-order chi connectivity index (χ1) is 13.7. The number of carbonyl (C=O) groups is 1. The summed E-state index contributed by atoms with van der Waals surface area (Å²) in [5.74, 6) is 0.151. The van der Waals surface area contributed by atoms with Crippen molar-refractivity contribution >= 4 is 17.2 Å². The Labute approximate surface area is 169 Å². The Hall–Kier alpha value is -2.44. The predicted molar refractivity (Wildman–Crippen MR) is 111 cm³/mol. The number of fused-ring (bicyclic) bond motifs is 2. The van der Waals surface area contributed by atoms with Crippen molar-refractivity contribution in [3.63, 3.8) is 0 Å². The lowest BCUT2D eigenvalue weighted by Gasteiger charge is -2.49. The first kappa shape index (κ1) is 17.6. The number of thiophene rings is 1. The second-order valence-corrected chi connectivity index (χ2v) is 8.79. The van der Waals surface area contributed by atoms with Crippen LogP contribution in [0.5, 0.6) is 0 Å². The summed E-state index contributed by atoms with van der Waals surface area (Å²) in [6.07, 6.45) is 4.09. The molecule has 2 aromatic heterocycles. The maximum atomic E-state index is 13.0. The van der Waals surface area contributed by atoms with Crippen molar-refractivity contribution in [2.75, 3.05) is 26.7 Å². The number of rotatable bonds is 2. The molecule has 2 aliphatic heterocycles. The van der Waals surface area contributed by atoms with E-state index >= 15 is 0 Å². The van der Waals surface area contributed by atoms with E-state index in [1.165, 1.54) is 5.69 Å². The second kappa shape index (κ2) is 6.87. The average molecular weight is 393 g/mol. The molecule has 144 valence electrons. The van der Waals surface area contributed by atoms with Crippen LogP contribution in [0.4, 0.5) is 0 Å². The van der Waals surface area contributed by atoms with Gasteiger partial charge in [-0.25, -0.2) is 4.98 Å². The zero-order valence-electron chi connectivity index (χ0n) is 16.0. The lowest BCUT2D eigenvalue weighted by Crippen LogP contribution is -2.58. The van der Waals surface area contributed by atoms with Crippen molar-refractivity contribution in [1.29, 1.82) is 0 Å². The number of nitrogens with zero attached hydrogens (tertiary/aromatic N) is 4. The van der Waals surface area contributed by atoms with Crippen molar-refractivity contribution in [2.45, 2.75) is 24.9 Å². The molecule has 5 nitrogen and oxygen atoms in total. The van der Waals surface area contributed by atoms with Crippen molar-refractivity contribution in [2.24, 2.45) is 0 Å². The van der Waals surface area contributed by atoms with Crippen LogP contribution in [0.1, 0.15) is 28.9 Å². The minimum Gasteiger partial charge on any atom is -0.336 e. The number of likely N-dealkylation sites (N-methyl/N-ethyl adjacent to an activating group) is 1. The molecule has 1 amide bonds. The molecule has 1 unspecified atom stereocenters. The lowest BCUT2D eigenvalue weighted by molar-refractivity contribution is 0.0325. The van der Waals surface area contributed by atoms with E-state index in [0.29, 0.717) is 0 Å². The highest BCUT2D eigenvalue weighted by Gasteiger charge is 2.44. The molecule has 2 aliphatic rings. The average Bonchev–Trinajstić information content (AvgIpc) is 3.38. The highest BCUT2D eigenvalue weighted by atomic mass is 32.1. The van der Waals surface area contributed by atoms with E-state index in [4.69, 9.17) is 4.98 Å². The Bertz CT molecular complexity index is 981.